The molecule has 1 aliphatic rings. The number of aryl methyl sites for hydroxylation is 2. The maximum absolute atomic E-state index is 13.7. The fraction of sp³-hybridized carbons (Fsp3) is 0.154. The summed E-state index contributed by atoms with van der Waals surface area (Å²) in [6.07, 6.45) is 0. The summed E-state index contributed by atoms with van der Waals surface area (Å²) in [6, 6.07) is 18.2. The Labute approximate surface area is 192 Å². The topological polar surface area (TPSA) is 58.6 Å². The summed E-state index contributed by atoms with van der Waals surface area (Å²) in [4.78, 5) is 28.5. The Kier molecular flexibility index (Phi) is 5.76. The number of methoxy groups -OCH3 is 1. The van der Waals surface area contributed by atoms with E-state index in [1.54, 1.807) is 38.3 Å². The van der Waals surface area contributed by atoms with Crippen molar-refractivity contribution >= 4 is 40.4 Å². The average Bonchev–Trinajstić information content (AvgIpc) is 3.00. The number of hydrogen-bond acceptors (Lipinski definition) is 4. The number of rotatable bonds is 5. The lowest BCUT2D eigenvalue weighted by Crippen LogP contribution is -2.33. The van der Waals surface area contributed by atoms with Gasteiger partial charge in [0.15, 0.2) is 0 Å². The first kappa shape index (κ1) is 21.7. The van der Waals surface area contributed by atoms with Crippen molar-refractivity contribution < 1.29 is 14.3 Å². The van der Waals surface area contributed by atoms with Crippen LogP contribution in [0.15, 0.2) is 66.4 Å². The minimum atomic E-state index is -0.432. The van der Waals surface area contributed by atoms with Crippen molar-refractivity contribution in [2.45, 2.75) is 20.8 Å². The van der Waals surface area contributed by atoms with Crippen LogP contribution >= 0.6 is 11.6 Å². The van der Waals surface area contributed by atoms with Gasteiger partial charge in [0.25, 0.3) is 11.8 Å². The van der Waals surface area contributed by atoms with Gasteiger partial charge in [0.05, 0.1) is 18.4 Å². The Morgan fingerprint density at radius 2 is 1.66 bits per heavy atom. The Morgan fingerprint density at radius 3 is 2.38 bits per heavy atom. The van der Waals surface area contributed by atoms with Gasteiger partial charge in [-0.25, -0.2) is 4.90 Å². The minimum Gasteiger partial charge on any atom is -0.497 e. The van der Waals surface area contributed by atoms with Crippen molar-refractivity contribution in [3.63, 3.8) is 0 Å². The molecule has 0 fully saturated rings. The number of ether oxygens (including phenoxy) is 1. The fourth-order valence-electron chi connectivity index (χ4n) is 3.89. The first-order valence-electron chi connectivity index (χ1n) is 10.2. The molecule has 3 aromatic rings. The number of anilines is 2. The van der Waals surface area contributed by atoms with E-state index in [-0.39, 0.29) is 5.70 Å². The lowest BCUT2D eigenvalue weighted by molar-refractivity contribution is -0.120. The standard InChI is InChI=1S/C26H23ClN2O3/c1-15-11-12-20(16(2)13-15)23-24(28-18-7-5-8-19(14-18)32-4)26(31)29(25(23)30)22-10-6-9-21(27)17(22)3/h5-14,28H,1-4H3. The highest BCUT2D eigenvalue weighted by atomic mass is 35.5. The third kappa shape index (κ3) is 3.76. The Morgan fingerprint density at radius 1 is 0.906 bits per heavy atom. The molecule has 162 valence electrons. The van der Waals surface area contributed by atoms with E-state index in [0.717, 1.165) is 11.1 Å². The van der Waals surface area contributed by atoms with Crippen molar-refractivity contribution in [2.75, 3.05) is 17.3 Å². The van der Waals surface area contributed by atoms with Crippen LogP contribution in [0.5, 0.6) is 5.75 Å². The Bertz CT molecular complexity index is 1280. The van der Waals surface area contributed by atoms with E-state index in [1.807, 2.05) is 50.2 Å². The molecule has 0 atom stereocenters. The lowest BCUT2D eigenvalue weighted by atomic mass is 9.97. The second kappa shape index (κ2) is 8.52. The molecule has 1 heterocycles. The molecule has 0 radical (unpaired) electrons. The molecule has 0 saturated heterocycles. The van der Waals surface area contributed by atoms with Crippen LogP contribution in [0.25, 0.3) is 5.57 Å². The quantitative estimate of drug-likeness (QED) is 0.513. The predicted octanol–water partition coefficient (Wildman–Crippen LogP) is 5.67. The fourth-order valence-corrected chi connectivity index (χ4v) is 4.06. The van der Waals surface area contributed by atoms with Crippen molar-refractivity contribution in [3.8, 4) is 5.75 Å². The van der Waals surface area contributed by atoms with Crippen LogP contribution in [0.4, 0.5) is 11.4 Å². The normalized spacial score (nSPS) is 13.7. The number of amides is 2. The monoisotopic (exact) mass is 446 g/mol. The summed E-state index contributed by atoms with van der Waals surface area (Å²) >= 11 is 6.29. The number of nitrogens with one attached hydrogen (secondary N) is 1. The van der Waals surface area contributed by atoms with Crippen LogP contribution in [0.1, 0.15) is 22.3 Å². The van der Waals surface area contributed by atoms with Gasteiger partial charge >= 0.3 is 0 Å². The van der Waals surface area contributed by atoms with Gasteiger partial charge in [-0.3, -0.25) is 9.59 Å². The molecule has 5 nitrogen and oxygen atoms in total. The molecule has 0 aliphatic carbocycles. The summed E-state index contributed by atoms with van der Waals surface area (Å²) in [6.45, 7) is 5.72. The summed E-state index contributed by atoms with van der Waals surface area (Å²) in [5, 5.41) is 3.67. The van der Waals surface area contributed by atoms with Gasteiger partial charge in [0, 0.05) is 16.8 Å². The molecular formula is C26H23ClN2O3. The molecule has 3 aromatic carbocycles. The first-order valence-corrected chi connectivity index (χ1v) is 10.6. The SMILES string of the molecule is COc1cccc(NC2=C(c3ccc(C)cc3C)C(=O)N(c3cccc(Cl)c3C)C2=O)c1. The van der Waals surface area contributed by atoms with E-state index in [0.29, 0.717) is 38.8 Å². The molecule has 2 amide bonds. The van der Waals surface area contributed by atoms with Crippen LogP contribution in [-0.4, -0.2) is 18.9 Å². The van der Waals surface area contributed by atoms with Gasteiger partial charge in [-0.1, -0.05) is 47.5 Å². The zero-order valence-corrected chi connectivity index (χ0v) is 19.1. The second-order valence-corrected chi connectivity index (χ2v) is 8.16. The van der Waals surface area contributed by atoms with Crippen molar-refractivity contribution in [2.24, 2.45) is 0 Å². The van der Waals surface area contributed by atoms with Gasteiger partial charge in [-0.05, 0) is 61.7 Å². The van der Waals surface area contributed by atoms with Gasteiger partial charge in [0.2, 0.25) is 0 Å². The molecule has 0 bridgehead atoms. The summed E-state index contributed by atoms with van der Waals surface area (Å²) < 4.78 is 5.30. The molecule has 0 unspecified atom stereocenters. The third-order valence-electron chi connectivity index (χ3n) is 5.55. The third-order valence-corrected chi connectivity index (χ3v) is 5.96. The van der Waals surface area contributed by atoms with E-state index in [1.165, 1.54) is 4.90 Å². The number of nitrogens with zero attached hydrogens (tertiary/aromatic N) is 1. The predicted molar refractivity (Wildman–Crippen MR) is 128 cm³/mol. The molecule has 4 rings (SSSR count). The first-order chi connectivity index (χ1) is 15.3. The molecule has 1 N–H and O–H groups in total. The Balaban J connectivity index is 1.88. The van der Waals surface area contributed by atoms with Gasteiger partial charge in [0.1, 0.15) is 11.4 Å². The smallest absolute Gasteiger partial charge is 0.282 e. The van der Waals surface area contributed by atoms with Crippen LogP contribution in [-0.2, 0) is 9.59 Å². The highest BCUT2D eigenvalue weighted by Crippen LogP contribution is 2.38. The van der Waals surface area contributed by atoms with Crippen molar-refractivity contribution in [1.29, 1.82) is 0 Å². The van der Waals surface area contributed by atoms with Crippen LogP contribution in [0, 0.1) is 20.8 Å². The van der Waals surface area contributed by atoms with E-state index in [4.69, 9.17) is 16.3 Å². The molecule has 0 saturated carbocycles. The number of benzene rings is 3. The molecule has 0 aromatic heterocycles. The second-order valence-electron chi connectivity index (χ2n) is 7.76. The van der Waals surface area contributed by atoms with E-state index in [2.05, 4.69) is 5.32 Å². The van der Waals surface area contributed by atoms with Crippen molar-refractivity contribution in [3.05, 3.63) is 93.6 Å². The highest BCUT2D eigenvalue weighted by molar-refractivity contribution is 6.46. The van der Waals surface area contributed by atoms with Crippen LogP contribution < -0.4 is 15.0 Å². The maximum atomic E-state index is 13.7. The van der Waals surface area contributed by atoms with Gasteiger partial charge < -0.3 is 10.1 Å². The molecule has 32 heavy (non-hydrogen) atoms. The molecular weight excluding hydrogens is 424 g/mol. The summed E-state index contributed by atoms with van der Waals surface area (Å²) in [5.74, 6) is -0.182. The number of hydrogen-bond donors (Lipinski definition) is 1. The zero-order valence-electron chi connectivity index (χ0n) is 18.3. The molecule has 1 aliphatic heterocycles. The maximum Gasteiger partial charge on any atom is 0.282 e. The van der Waals surface area contributed by atoms with E-state index in [9.17, 15) is 9.59 Å². The van der Waals surface area contributed by atoms with E-state index >= 15 is 0 Å². The van der Waals surface area contributed by atoms with Gasteiger partial charge in [-0.2, -0.15) is 0 Å². The van der Waals surface area contributed by atoms with Gasteiger partial charge in [-0.15, -0.1) is 0 Å². The number of halogens is 1. The van der Waals surface area contributed by atoms with Crippen LogP contribution in [0.2, 0.25) is 5.02 Å². The summed E-state index contributed by atoms with van der Waals surface area (Å²) in [5.41, 5.74) is 5.03. The molecule has 0 spiro atoms. The average molecular weight is 447 g/mol. The zero-order chi connectivity index (χ0) is 23.0. The highest BCUT2D eigenvalue weighted by Gasteiger charge is 2.41. The number of carbonyl (C=O) groups excluding carboxylic acids is 2. The minimum absolute atomic E-state index is 0.217. The van der Waals surface area contributed by atoms with Crippen LogP contribution in [0.3, 0.4) is 0 Å². The van der Waals surface area contributed by atoms with E-state index < -0.39 is 11.8 Å². The Hall–Kier alpha value is -3.57. The van der Waals surface area contributed by atoms with Crippen molar-refractivity contribution in [1.82, 2.24) is 0 Å². The lowest BCUT2D eigenvalue weighted by Gasteiger charge is -2.18. The largest absolute Gasteiger partial charge is 0.497 e. The number of carbonyl (C=O) groups is 2. The number of imide groups is 1. The summed E-state index contributed by atoms with van der Waals surface area (Å²) in [7, 11) is 1.58. The molecule has 6 heteroatoms.